The van der Waals surface area contributed by atoms with Crippen molar-refractivity contribution in [3.63, 3.8) is 0 Å². The zero-order valence-electron chi connectivity index (χ0n) is 22.8. The second-order valence-corrected chi connectivity index (χ2v) is 11.0. The monoisotopic (exact) mass is 532 g/mol. The largest absolute Gasteiger partial charge is 0.256 e. The zero-order valence-corrected chi connectivity index (χ0v) is 22.8. The highest BCUT2D eigenvalue weighted by Crippen LogP contribution is 2.44. The molecule has 0 atom stereocenters. The van der Waals surface area contributed by atoms with Crippen molar-refractivity contribution in [3.05, 3.63) is 146 Å². The molecule has 0 saturated carbocycles. The topological polar surface area (TPSA) is 25.8 Å². The van der Waals surface area contributed by atoms with E-state index < -0.39 is 0 Å². The van der Waals surface area contributed by atoms with E-state index in [4.69, 9.17) is 9.97 Å². The van der Waals surface area contributed by atoms with Crippen LogP contribution in [0.5, 0.6) is 0 Å². The van der Waals surface area contributed by atoms with Gasteiger partial charge in [-0.2, -0.15) is 0 Å². The van der Waals surface area contributed by atoms with E-state index in [9.17, 15) is 0 Å². The minimum Gasteiger partial charge on any atom is -0.256 e. The van der Waals surface area contributed by atoms with Crippen LogP contribution in [0.4, 0.5) is 0 Å². The number of benzene rings is 7. The van der Waals surface area contributed by atoms with Crippen LogP contribution in [0.15, 0.2) is 146 Å². The van der Waals surface area contributed by atoms with Crippen LogP contribution in [0.1, 0.15) is 0 Å². The van der Waals surface area contributed by atoms with Crippen molar-refractivity contribution >= 4 is 53.9 Å². The molecule has 194 valence electrons. The molecule has 2 heteroatoms. The summed E-state index contributed by atoms with van der Waals surface area (Å²) >= 11 is 0. The van der Waals surface area contributed by atoms with Crippen LogP contribution in [0.3, 0.4) is 0 Å². The van der Waals surface area contributed by atoms with Crippen molar-refractivity contribution in [2.24, 2.45) is 0 Å². The summed E-state index contributed by atoms with van der Waals surface area (Å²) in [5.41, 5.74) is 6.61. The quantitative estimate of drug-likeness (QED) is 0.167. The molecule has 2 nitrogen and oxygen atoms in total. The van der Waals surface area contributed by atoms with Crippen LogP contribution in [0.25, 0.3) is 87.5 Å². The summed E-state index contributed by atoms with van der Waals surface area (Å²) in [6.45, 7) is 0. The Bertz CT molecular complexity index is 2370. The molecule has 0 spiro atoms. The molecule has 0 N–H and O–H groups in total. The van der Waals surface area contributed by atoms with Gasteiger partial charge in [-0.25, -0.2) is 0 Å². The molecule has 0 bridgehead atoms. The van der Waals surface area contributed by atoms with E-state index in [1.165, 1.54) is 65.0 Å². The van der Waals surface area contributed by atoms with Gasteiger partial charge in [0.25, 0.3) is 0 Å². The molecule has 2 heterocycles. The molecule has 9 rings (SSSR count). The van der Waals surface area contributed by atoms with E-state index in [2.05, 4.69) is 127 Å². The van der Waals surface area contributed by atoms with Crippen molar-refractivity contribution in [3.8, 4) is 33.6 Å². The van der Waals surface area contributed by atoms with E-state index in [1.807, 2.05) is 18.5 Å². The van der Waals surface area contributed by atoms with Crippen molar-refractivity contribution in [1.29, 1.82) is 0 Å². The number of nitrogens with zero attached hydrogens (tertiary/aromatic N) is 2. The van der Waals surface area contributed by atoms with Crippen LogP contribution in [-0.4, -0.2) is 9.97 Å². The number of hydrogen-bond donors (Lipinski definition) is 0. The first-order valence-corrected chi connectivity index (χ1v) is 14.3. The Morgan fingerprint density at radius 3 is 1.62 bits per heavy atom. The molecular weight excluding hydrogens is 508 g/mol. The molecule has 0 aliphatic carbocycles. The van der Waals surface area contributed by atoms with Crippen LogP contribution in [-0.2, 0) is 0 Å². The third kappa shape index (κ3) is 3.33. The SMILES string of the molecule is c1ccc(-c2c3ccccc3c(-c3ccc(-c4ccc5ccc6cccc7ccc4c5c67)nc3)c3ccccc23)nc1. The molecular formula is C40H24N2. The molecule has 9 aromatic rings. The fourth-order valence-corrected chi connectivity index (χ4v) is 6.89. The first kappa shape index (κ1) is 23.1. The second-order valence-electron chi connectivity index (χ2n) is 11.0. The predicted octanol–water partition coefficient (Wildman–Crippen LogP) is 10.7. The minimum atomic E-state index is 0.982. The normalized spacial score (nSPS) is 11.8. The number of fused-ring (bicyclic) bond motifs is 2. The lowest BCUT2D eigenvalue weighted by molar-refractivity contribution is 1.33. The fraction of sp³-hybridized carbons (Fsp3) is 0. The molecule has 42 heavy (non-hydrogen) atoms. The lowest BCUT2D eigenvalue weighted by atomic mass is 9.87. The van der Waals surface area contributed by atoms with Gasteiger partial charge in [0.15, 0.2) is 0 Å². The van der Waals surface area contributed by atoms with Crippen molar-refractivity contribution in [2.75, 3.05) is 0 Å². The Morgan fingerprint density at radius 2 is 0.976 bits per heavy atom. The van der Waals surface area contributed by atoms with Gasteiger partial charge in [0, 0.05) is 29.1 Å². The summed E-state index contributed by atoms with van der Waals surface area (Å²) in [4.78, 5) is 9.83. The summed E-state index contributed by atoms with van der Waals surface area (Å²) in [5, 5.41) is 12.5. The summed E-state index contributed by atoms with van der Waals surface area (Å²) in [6, 6.07) is 47.8. The van der Waals surface area contributed by atoms with E-state index in [-0.39, 0.29) is 0 Å². The third-order valence-electron chi connectivity index (χ3n) is 8.71. The molecule has 0 aliphatic heterocycles. The Kier molecular flexibility index (Phi) is 4.93. The van der Waals surface area contributed by atoms with Gasteiger partial charge in [0.1, 0.15) is 0 Å². The second kappa shape index (κ2) is 8.95. The minimum absolute atomic E-state index is 0.982. The number of pyridine rings is 2. The maximum atomic E-state index is 5.09. The third-order valence-corrected chi connectivity index (χ3v) is 8.71. The Labute approximate surface area is 242 Å². The zero-order chi connectivity index (χ0) is 27.6. The lowest BCUT2D eigenvalue weighted by Crippen LogP contribution is -1.93. The molecule has 0 unspecified atom stereocenters. The summed E-state index contributed by atoms with van der Waals surface area (Å²) in [7, 11) is 0. The van der Waals surface area contributed by atoms with Gasteiger partial charge in [-0.1, -0.05) is 115 Å². The number of rotatable bonds is 3. The van der Waals surface area contributed by atoms with Crippen molar-refractivity contribution in [2.45, 2.75) is 0 Å². The van der Waals surface area contributed by atoms with Gasteiger partial charge in [0.05, 0.1) is 11.4 Å². The van der Waals surface area contributed by atoms with E-state index in [0.717, 1.165) is 22.5 Å². The summed E-state index contributed by atoms with van der Waals surface area (Å²) in [6.07, 6.45) is 3.91. The molecule has 0 radical (unpaired) electrons. The van der Waals surface area contributed by atoms with E-state index >= 15 is 0 Å². The molecule has 0 aliphatic rings. The van der Waals surface area contributed by atoms with Gasteiger partial charge in [-0.3, -0.25) is 9.97 Å². The molecule has 0 fully saturated rings. The maximum absolute atomic E-state index is 5.09. The highest BCUT2D eigenvalue weighted by Gasteiger charge is 2.18. The highest BCUT2D eigenvalue weighted by molar-refractivity contribution is 6.25. The smallest absolute Gasteiger partial charge is 0.0714 e. The average Bonchev–Trinajstić information content (AvgIpc) is 3.06. The van der Waals surface area contributed by atoms with Crippen LogP contribution in [0.2, 0.25) is 0 Å². The van der Waals surface area contributed by atoms with Gasteiger partial charge in [-0.05, 0) is 77.6 Å². The first-order valence-electron chi connectivity index (χ1n) is 14.3. The molecule has 0 saturated heterocycles. The van der Waals surface area contributed by atoms with Gasteiger partial charge < -0.3 is 0 Å². The number of hydrogen-bond acceptors (Lipinski definition) is 2. The lowest BCUT2D eigenvalue weighted by Gasteiger charge is -2.17. The molecule has 2 aromatic heterocycles. The fourth-order valence-electron chi connectivity index (χ4n) is 6.89. The van der Waals surface area contributed by atoms with Gasteiger partial charge in [-0.15, -0.1) is 0 Å². The molecule has 7 aromatic carbocycles. The Morgan fingerprint density at radius 1 is 0.357 bits per heavy atom. The maximum Gasteiger partial charge on any atom is 0.0714 e. The predicted molar refractivity (Wildman–Crippen MR) is 177 cm³/mol. The summed E-state index contributed by atoms with van der Waals surface area (Å²) in [5.74, 6) is 0. The van der Waals surface area contributed by atoms with E-state index in [0.29, 0.717) is 0 Å². The first-order chi connectivity index (χ1) is 20.8. The van der Waals surface area contributed by atoms with Crippen molar-refractivity contribution in [1.82, 2.24) is 9.97 Å². The molecule has 0 amide bonds. The number of aromatic nitrogens is 2. The van der Waals surface area contributed by atoms with E-state index in [1.54, 1.807) is 0 Å². The Balaban J connectivity index is 1.26. The van der Waals surface area contributed by atoms with Crippen LogP contribution < -0.4 is 0 Å². The standard InChI is InChI=1S/C40H24N2/c1-3-12-32-30(10-1)38(31-11-2-4-13-33(31)40(32)36-14-5-6-23-41-36)28-19-22-35(42-24-28)29-20-17-27-16-15-25-8-7-9-26-18-21-34(29)39(27)37(25)26/h1-24H. The van der Waals surface area contributed by atoms with Gasteiger partial charge in [0.2, 0.25) is 0 Å². The highest BCUT2D eigenvalue weighted by atomic mass is 14.7. The van der Waals surface area contributed by atoms with Gasteiger partial charge >= 0.3 is 0 Å². The summed E-state index contributed by atoms with van der Waals surface area (Å²) < 4.78 is 0. The Hall–Kier alpha value is -5.60. The van der Waals surface area contributed by atoms with Crippen LogP contribution >= 0.6 is 0 Å². The van der Waals surface area contributed by atoms with Crippen LogP contribution in [0, 0.1) is 0 Å². The van der Waals surface area contributed by atoms with Crippen molar-refractivity contribution < 1.29 is 0 Å². The average molecular weight is 533 g/mol.